The van der Waals surface area contributed by atoms with Crippen LogP contribution in [0.25, 0.3) is 11.3 Å². The number of aromatic nitrogens is 1. The first-order valence-electron chi connectivity index (χ1n) is 10.3. The molecule has 0 saturated heterocycles. The van der Waals surface area contributed by atoms with Gasteiger partial charge in [0, 0.05) is 30.0 Å². The van der Waals surface area contributed by atoms with Gasteiger partial charge in [-0.05, 0) is 69.2 Å². The topological polar surface area (TPSA) is 3.88 Å². The SMILES string of the molecule is Cc1cc(C(C)(C)C(F)(F)F)ccc1-c1cc(C)c(C2CCC(F)(F)CC2)c[n+]1C. The minimum atomic E-state index is -4.33. The molecule has 1 aliphatic rings. The fraction of sp³-hybridized carbons (Fsp3) is 0.542. The Balaban J connectivity index is 1.95. The van der Waals surface area contributed by atoms with E-state index in [0.717, 1.165) is 27.9 Å². The second-order valence-corrected chi connectivity index (χ2v) is 9.19. The average Bonchev–Trinajstić information content (AvgIpc) is 2.63. The predicted octanol–water partition coefficient (Wildman–Crippen LogP) is 6.93. The first-order chi connectivity index (χ1) is 13.7. The van der Waals surface area contributed by atoms with Crippen LogP contribution in [-0.4, -0.2) is 12.1 Å². The Hall–Kier alpha value is -1.98. The Bertz CT molecular complexity index is 933. The summed E-state index contributed by atoms with van der Waals surface area (Å²) in [6.07, 6.45) is -1.58. The third kappa shape index (κ3) is 4.23. The van der Waals surface area contributed by atoms with Gasteiger partial charge in [0.1, 0.15) is 7.05 Å². The van der Waals surface area contributed by atoms with Gasteiger partial charge in [-0.1, -0.05) is 12.1 Å². The molecule has 6 heteroatoms. The molecule has 30 heavy (non-hydrogen) atoms. The number of nitrogens with zero attached hydrogens (tertiary/aromatic N) is 1. The molecule has 0 amide bonds. The molecule has 0 aliphatic heterocycles. The molecule has 1 aromatic carbocycles. The molecule has 1 saturated carbocycles. The number of benzene rings is 1. The van der Waals surface area contributed by atoms with Crippen molar-refractivity contribution in [2.45, 2.75) is 76.8 Å². The third-order valence-corrected chi connectivity index (χ3v) is 6.61. The van der Waals surface area contributed by atoms with E-state index in [1.807, 2.05) is 37.7 Å². The molecule has 3 rings (SSSR count). The van der Waals surface area contributed by atoms with E-state index in [1.54, 1.807) is 18.2 Å². The van der Waals surface area contributed by atoms with E-state index >= 15 is 0 Å². The highest BCUT2D eigenvalue weighted by molar-refractivity contribution is 5.63. The fourth-order valence-corrected chi connectivity index (χ4v) is 4.32. The molecule has 1 aromatic heterocycles. The lowest BCUT2D eigenvalue weighted by Gasteiger charge is -2.29. The molecule has 0 atom stereocenters. The maximum absolute atomic E-state index is 13.5. The molecule has 1 nitrogen and oxygen atoms in total. The zero-order valence-corrected chi connectivity index (χ0v) is 18.1. The summed E-state index contributed by atoms with van der Waals surface area (Å²) in [5, 5.41) is 0. The van der Waals surface area contributed by atoms with Gasteiger partial charge in [-0.3, -0.25) is 0 Å². The Morgan fingerprint density at radius 3 is 2.10 bits per heavy atom. The Morgan fingerprint density at radius 2 is 1.57 bits per heavy atom. The highest BCUT2D eigenvalue weighted by Gasteiger charge is 2.48. The molecule has 0 N–H and O–H groups in total. The summed E-state index contributed by atoms with van der Waals surface area (Å²) >= 11 is 0. The van der Waals surface area contributed by atoms with Crippen LogP contribution in [0.15, 0.2) is 30.5 Å². The molecule has 1 heterocycles. The third-order valence-electron chi connectivity index (χ3n) is 6.61. The Labute approximate surface area is 174 Å². The van der Waals surface area contributed by atoms with E-state index in [9.17, 15) is 22.0 Å². The van der Waals surface area contributed by atoms with Crippen molar-refractivity contribution in [2.75, 3.05) is 0 Å². The summed E-state index contributed by atoms with van der Waals surface area (Å²) in [6.45, 7) is 6.17. The second-order valence-electron chi connectivity index (χ2n) is 9.19. The summed E-state index contributed by atoms with van der Waals surface area (Å²) in [4.78, 5) is 0. The fourth-order valence-electron chi connectivity index (χ4n) is 4.32. The smallest absolute Gasteiger partial charge is 0.207 e. The Kier molecular flexibility index (Phi) is 5.76. The minimum Gasteiger partial charge on any atom is -0.207 e. The van der Waals surface area contributed by atoms with Gasteiger partial charge in [-0.25, -0.2) is 13.3 Å². The number of aryl methyl sites for hydroxylation is 3. The molecule has 0 radical (unpaired) electrons. The van der Waals surface area contributed by atoms with Crippen LogP contribution in [0.3, 0.4) is 0 Å². The molecule has 0 spiro atoms. The number of hydrogen-bond donors (Lipinski definition) is 0. The maximum Gasteiger partial charge on any atom is 0.397 e. The molecule has 1 fully saturated rings. The average molecular weight is 426 g/mol. The van der Waals surface area contributed by atoms with E-state index in [4.69, 9.17) is 0 Å². The van der Waals surface area contributed by atoms with Crippen molar-refractivity contribution in [3.8, 4) is 11.3 Å². The monoisotopic (exact) mass is 426 g/mol. The van der Waals surface area contributed by atoms with Gasteiger partial charge in [0.2, 0.25) is 11.6 Å². The number of hydrogen-bond acceptors (Lipinski definition) is 0. The van der Waals surface area contributed by atoms with Crippen molar-refractivity contribution < 1.29 is 26.5 Å². The lowest BCUT2D eigenvalue weighted by molar-refractivity contribution is -0.661. The van der Waals surface area contributed by atoms with Crippen LogP contribution in [0.5, 0.6) is 0 Å². The number of pyridine rings is 1. The number of alkyl halides is 5. The molecule has 0 bridgehead atoms. The molecule has 0 unspecified atom stereocenters. The zero-order chi connectivity index (χ0) is 22.5. The lowest BCUT2D eigenvalue weighted by Crippen LogP contribution is -2.36. The summed E-state index contributed by atoms with van der Waals surface area (Å²) in [7, 11) is 1.89. The normalized spacial score (nSPS) is 17.9. The van der Waals surface area contributed by atoms with Gasteiger partial charge in [0.05, 0.1) is 5.41 Å². The lowest BCUT2D eigenvalue weighted by atomic mass is 9.80. The van der Waals surface area contributed by atoms with Gasteiger partial charge in [0.15, 0.2) is 6.20 Å². The van der Waals surface area contributed by atoms with Crippen LogP contribution in [0.4, 0.5) is 22.0 Å². The van der Waals surface area contributed by atoms with E-state index in [1.165, 1.54) is 13.8 Å². The Morgan fingerprint density at radius 1 is 0.967 bits per heavy atom. The first kappa shape index (κ1) is 22.7. The maximum atomic E-state index is 13.5. The largest absolute Gasteiger partial charge is 0.397 e. The van der Waals surface area contributed by atoms with E-state index in [2.05, 4.69) is 0 Å². The van der Waals surface area contributed by atoms with Crippen LogP contribution in [0, 0.1) is 13.8 Å². The van der Waals surface area contributed by atoms with Gasteiger partial charge in [-0.15, -0.1) is 0 Å². The summed E-state index contributed by atoms with van der Waals surface area (Å²) < 4.78 is 69.2. The van der Waals surface area contributed by atoms with Crippen molar-refractivity contribution >= 4 is 0 Å². The molecular formula is C24H29F5N+. The summed E-state index contributed by atoms with van der Waals surface area (Å²) in [5.41, 5.74) is 2.93. The molecule has 2 aromatic rings. The van der Waals surface area contributed by atoms with Crippen molar-refractivity contribution in [2.24, 2.45) is 7.05 Å². The highest BCUT2D eigenvalue weighted by Crippen LogP contribution is 2.43. The van der Waals surface area contributed by atoms with Crippen molar-refractivity contribution in [1.82, 2.24) is 0 Å². The van der Waals surface area contributed by atoms with Crippen LogP contribution >= 0.6 is 0 Å². The second kappa shape index (κ2) is 7.61. The van der Waals surface area contributed by atoms with Crippen molar-refractivity contribution in [3.63, 3.8) is 0 Å². The van der Waals surface area contributed by atoms with Crippen LogP contribution in [-0.2, 0) is 12.5 Å². The predicted molar refractivity (Wildman–Crippen MR) is 108 cm³/mol. The van der Waals surface area contributed by atoms with Crippen molar-refractivity contribution in [3.05, 3.63) is 52.7 Å². The molecular weight excluding hydrogens is 397 g/mol. The van der Waals surface area contributed by atoms with Gasteiger partial charge in [0.25, 0.3) is 0 Å². The number of halogens is 5. The first-order valence-corrected chi connectivity index (χ1v) is 10.3. The molecule has 1 aliphatic carbocycles. The van der Waals surface area contributed by atoms with E-state index in [-0.39, 0.29) is 24.3 Å². The minimum absolute atomic E-state index is 0.0852. The summed E-state index contributed by atoms with van der Waals surface area (Å²) in [5.74, 6) is -2.45. The van der Waals surface area contributed by atoms with Gasteiger partial charge >= 0.3 is 6.18 Å². The van der Waals surface area contributed by atoms with Gasteiger partial charge in [-0.2, -0.15) is 13.2 Å². The van der Waals surface area contributed by atoms with Gasteiger partial charge < -0.3 is 0 Å². The van der Waals surface area contributed by atoms with Crippen LogP contribution < -0.4 is 4.57 Å². The van der Waals surface area contributed by atoms with Crippen LogP contribution in [0.2, 0.25) is 0 Å². The zero-order valence-electron chi connectivity index (χ0n) is 18.1. The van der Waals surface area contributed by atoms with E-state index in [0.29, 0.717) is 12.8 Å². The molecule has 164 valence electrons. The standard InChI is InChI=1S/C24H29F5N/c1-15-12-18(22(3,4)24(27,28)29)6-7-19(15)21-13-16(2)20(14-30(21)5)17-8-10-23(25,26)11-9-17/h6-7,12-14,17H,8-11H2,1-5H3/q+1. The van der Waals surface area contributed by atoms with Crippen LogP contribution in [0.1, 0.15) is 67.7 Å². The van der Waals surface area contributed by atoms with E-state index < -0.39 is 17.5 Å². The van der Waals surface area contributed by atoms with Crippen molar-refractivity contribution in [1.29, 1.82) is 0 Å². The quantitative estimate of drug-likeness (QED) is 0.370. The number of rotatable bonds is 3. The summed E-state index contributed by atoms with van der Waals surface area (Å²) in [6, 6.07) is 6.91. The highest BCUT2D eigenvalue weighted by atomic mass is 19.4.